The fourth-order valence-electron chi connectivity index (χ4n) is 4.73. The van der Waals surface area contributed by atoms with Gasteiger partial charge in [0, 0.05) is 11.5 Å². The number of esters is 2. The molecule has 0 radical (unpaired) electrons. The second-order valence-electron chi connectivity index (χ2n) is 7.63. The van der Waals surface area contributed by atoms with Crippen LogP contribution in [0, 0.1) is 11.8 Å². The van der Waals surface area contributed by atoms with E-state index in [1.165, 1.54) is 7.11 Å². The van der Waals surface area contributed by atoms with Gasteiger partial charge in [0.25, 0.3) is 0 Å². The Morgan fingerprint density at radius 1 is 1.10 bits per heavy atom. The molecule has 2 aliphatic heterocycles. The van der Waals surface area contributed by atoms with Gasteiger partial charge in [0.05, 0.1) is 32.3 Å². The summed E-state index contributed by atoms with van der Waals surface area (Å²) in [5.41, 5.74) is 1.50. The first-order valence-electron chi connectivity index (χ1n) is 10.4. The van der Waals surface area contributed by atoms with Crippen molar-refractivity contribution in [2.24, 2.45) is 11.8 Å². The summed E-state index contributed by atoms with van der Waals surface area (Å²) in [7, 11) is 1.31. The zero-order valence-electron chi connectivity index (χ0n) is 17.5. The maximum Gasteiger partial charge on any atom is 0.318 e. The van der Waals surface area contributed by atoms with Gasteiger partial charge in [-0.25, -0.2) is 0 Å². The Morgan fingerprint density at radius 2 is 1.74 bits per heavy atom. The molecular formula is C24H25NO6. The van der Waals surface area contributed by atoms with Gasteiger partial charge < -0.3 is 19.1 Å². The minimum atomic E-state index is -1.11. The maximum absolute atomic E-state index is 13.5. The molecule has 0 aromatic heterocycles. The van der Waals surface area contributed by atoms with Gasteiger partial charge in [0.15, 0.2) is 6.23 Å². The van der Waals surface area contributed by atoms with Gasteiger partial charge in [0.2, 0.25) is 5.91 Å². The summed E-state index contributed by atoms with van der Waals surface area (Å²) in [6, 6.07) is 18.0. The first-order valence-corrected chi connectivity index (χ1v) is 10.4. The van der Waals surface area contributed by atoms with E-state index in [4.69, 9.17) is 14.2 Å². The molecule has 2 heterocycles. The molecular weight excluding hydrogens is 398 g/mol. The smallest absolute Gasteiger partial charge is 0.318 e. The zero-order chi connectivity index (χ0) is 22.0. The molecule has 31 heavy (non-hydrogen) atoms. The first kappa shape index (κ1) is 21.1. The lowest BCUT2D eigenvalue weighted by Crippen LogP contribution is -2.38. The van der Waals surface area contributed by atoms with Crippen LogP contribution in [0.1, 0.15) is 30.2 Å². The van der Waals surface area contributed by atoms with Crippen LogP contribution in [0.2, 0.25) is 0 Å². The summed E-state index contributed by atoms with van der Waals surface area (Å²) < 4.78 is 16.3. The molecule has 0 aliphatic carbocycles. The molecule has 0 spiro atoms. The van der Waals surface area contributed by atoms with Crippen LogP contribution >= 0.6 is 0 Å². The number of ether oxygens (including phenoxy) is 3. The maximum atomic E-state index is 13.5. The van der Waals surface area contributed by atoms with E-state index in [0.717, 1.165) is 5.56 Å². The zero-order valence-corrected chi connectivity index (χ0v) is 17.5. The van der Waals surface area contributed by atoms with Gasteiger partial charge in [0.1, 0.15) is 5.92 Å². The molecule has 0 unspecified atom stereocenters. The van der Waals surface area contributed by atoms with Gasteiger partial charge in [-0.1, -0.05) is 60.7 Å². The Labute approximate surface area is 180 Å². The Morgan fingerprint density at radius 3 is 2.35 bits per heavy atom. The average molecular weight is 423 g/mol. The van der Waals surface area contributed by atoms with Crippen molar-refractivity contribution in [2.75, 3.05) is 20.3 Å². The Balaban J connectivity index is 1.79. The third-order valence-electron chi connectivity index (χ3n) is 6.01. The van der Waals surface area contributed by atoms with E-state index in [2.05, 4.69) is 0 Å². The highest BCUT2D eigenvalue weighted by atomic mass is 16.5. The van der Waals surface area contributed by atoms with Gasteiger partial charge in [-0.15, -0.1) is 0 Å². The Kier molecular flexibility index (Phi) is 6.04. The number of hydrogen-bond acceptors (Lipinski definition) is 6. The largest absolute Gasteiger partial charge is 0.469 e. The van der Waals surface area contributed by atoms with Crippen molar-refractivity contribution in [1.82, 2.24) is 4.90 Å². The van der Waals surface area contributed by atoms with E-state index in [1.54, 1.807) is 24.0 Å². The molecule has 2 saturated heterocycles. The summed E-state index contributed by atoms with van der Waals surface area (Å²) in [4.78, 5) is 41.0. The molecule has 2 aromatic carbocycles. The van der Waals surface area contributed by atoms with Crippen molar-refractivity contribution in [3.05, 3.63) is 71.8 Å². The quantitative estimate of drug-likeness (QED) is 0.525. The van der Waals surface area contributed by atoms with Gasteiger partial charge in [-0.2, -0.15) is 0 Å². The SMILES string of the molecule is CCOC(=O)[C@@H]1C(=O)N2[C@@H](c3ccccc3)OC[C@@H]2[C@H]1[C@@H](C(=O)OC)c1ccccc1. The van der Waals surface area contributed by atoms with Crippen molar-refractivity contribution in [3.8, 4) is 0 Å². The van der Waals surface area contributed by atoms with Crippen LogP contribution in [-0.2, 0) is 28.6 Å². The molecule has 2 fully saturated rings. The lowest BCUT2D eigenvalue weighted by atomic mass is 9.76. The standard InChI is InChI=1S/C24H25NO6/c1-3-30-24(28)20-19(18(23(27)29-2)15-10-6-4-7-11-15)17-14-31-22(25(17)21(20)26)16-12-8-5-9-13-16/h4-13,17-20,22H,3,14H2,1-2H3/t17-,18+,19+,20+,22-/m1/s1. The van der Waals surface area contributed by atoms with Crippen molar-refractivity contribution in [2.45, 2.75) is 25.1 Å². The van der Waals surface area contributed by atoms with Gasteiger partial charge in [-0.05, 0) is 12.5 Å². The van der Waals surface area contributed by atoms with Gasteiger partial charge in [-0.3, -0.25) is 14.4 Å². The number of nitrogens with zero attached hydrogens (tertiary/aromatic N) is 1. The highest BCUT2D eigenvalue weighted by Crippen LogP contribution is 2.49. The molecule has 1 amide bonds. The number of benzene rings is 2. The summed E-state index contributed by atoms with van der Waals surface area (Å²) in [5.74, 6) is -4.09. The fourth-order valence-corrected chi connectivity index (χ4v) is 4.73. The van der Waals surface area contributed by atoms with E-state index in [-0.39, 0.29) is 19.1 Å². The number of carbonyl (C=O) groups excluding carboxylic acids is 3. The Bertz CT molecular complexity index is 947. The van der Waals surface area contributed by atoms with E-state index >= 15 is 0 Å². The highest BCUT2D eigenvalue weighted by molar-refractivity contribution is 6.01. The van der Waals surface area contributed by atoms with Crippen molar-refractivity contribution >= 4 is 17.8 Å². The molecule has 5 atom stereocenters. The minimum Gasteiger partial charge on any atom is -0.469 e. The lowest BCUT2D eigenvalue weighted by molar-refractivity contribution is -0.156. The van der Waals surface area contributed by atoms with Crippen LogP contribution in [-0.4, -0.2) is 49.1 Å². The second kappa shape index (κ2) is 8.89. The molecule has 2 aromatic rings. The predicted molar refractivity (Wildman–Crippen MR) is 111 cm³/mol. The number of methoxy groups -OCH3 is 1. The first-order chi connectivity index (χ1) is 15.1. The average Bonchev–Trinajstić information content (AvgIpc) is 3.35. The van der Waals surface area contributed by atoms with E-state index in [0.29, 0.717) is 5.56 Å². The fraction of sp³-hybridized carbons (Fsp3) is 0.375. The second-order valence-corrected chi connectivity index (χ2v) is 7.63. The summed E-state index contributed by atoms with van der Waals surface area (Å²) in [6.45, 7) is 2.05. The van der Waals surface area contributed by atoms with E-state index < -0.39 is 42.0 Å². The van der Waals surface area contributed by atoms with Crippen LogP contribution < -0.4 is 0 Å². The predicted octanol–water partition coefficient (Wildman–Crippen LogP) is 2.68. The van der Waals surface area contributed by atoms with Crippen molar-refractivity contribution in [3.63, 3.8) is 0 Å². The molecule has 162 valence electrons. The van der Waals surface area contributed by atoms with Crippen molar-refractivity contribution in [1.29, 1.82) is 0 Å². The van der Waals surface area contributed by atoms with E-state index in [9.17, 15) is 14.4 Å². The van der Waals surface area contributed by atoms with Crippen molar-refractivity contribution < 1.29 is 28.6 Å². The third-order valence-corrected chi connectivity index (χ3v) is 6.01. The molecule has 2 aliphatic rings. The Hall–Kier alpha value is -3.19. The topological polar surface area (TPSA) is 82.1 Å². The minimum absolute atomic E-state index is 0.146. The van der Waals surface area contributed by atoms with Crippen LogP contribution in [0.25, 0.3) is 0 Å². The van der Waals surface area contributed by atoms with E-state index in [1.807, 2.05) is 48.5 Å². The molecule has 0 saturated carbocycles. The summed E-state index contributed by atoms with van der Waals surface area (Å²) in [5, 5.41) is 0. The monoisotopic (exact) mass is 423 g/mol. The number of fused-ring (bicyclic) bond motifs is 1. The van der Waals surface area contributed by atoms with Crippen LogP contribution in [0.15, 0.2) is 60.7 Å². The summed E-state index contributed by atoms with van der Waals surface area (Å²) in [6.07, 6.45) is -0.616. The lowest BCUT2D eigenvalue weighted by Gasteiger charge is -2.28. The van der Waals surface area contributed by atoms with Crippen LogP contribution in [0.3, 0.4) is 0 Å². The number of hydrogen-bond donors (Lipinski definition) is 0. The molecule has 0 bridgehead atoms. The summed E-state index contributed by atoms with van der Waals surface area (Å²) >= 11 is 0. The number of rotatable bonds is 6. The number of amides is 1. The molecule has 4 rings (SSSR count). The molecule has 0 N–H and O–H groups in total. The third kappa shape index (κ3) is 3.70. The normalized spacial score (nSPS) is 25.7. The van der Waals surface area contributed by atoms with Crippen LogP contribution in [0.5, 0.6) is 0 Å². The van der Waals surface area contributed by atoms with Crippen LogP contribution in [0.4, 0.5) is 0 Å². The highest BCUT2D eigenvalue weighted by Gasteiger charge is 2.61. The van der Waals surface area contributed by atoms with Gasteiger partial charge >= 0.3 is 11.9 Å². The molecule has 7 nitrogen and oxygen atoms in total. The number of carbonyl (C=O) groups is 3. The molecule has 7 heteroatoms.